The molecule has 0 bridgehead atoms. The highest BCUT2D eigenvalue weighted by Gasteiger charge is 2.33. The first-order valence-corrected chi connectivity index (χ1v) is 4.11. The molecule has 0 saturated carbocycles. The van der Waals surface area contributed by atoms with Crippen LogP contribution in [-0.2, 0) is 14.3 Å². The monoisotopic (exact) mass is 203 g/mol. The molecule has 1 saturated heterocycles. The SMILES string of the molecule is CC(=O)N1CCOC(C(=O)O)C1=S. The number of carboxylic acid groups (broad SMARTS) is 1. The van der Waals surface area contributed by atoms with Gasteiger partial charge in [-0.15, -0.1) is 0 Å². The summed E-state index contributed by atoms with van der Waals surface area (Å²) < 4.78 is 4.90. The minimum absolute atomic E-state index is 0.0336. The van der Waals surface area contributed by atoms with Crippen LogP contribution >= 0.6 is 12.2 Å². The lowest BCUT2D eigenvalue weighted by molar-refractivity contribution is -0.148. The standard InChI is InChI=1S/C7H9NO4S/c1-4(9)8-2-3-12-5(6(8)13)7(10)11/h5H,2-3H2,1H3,(H,10,11). The van der Waals surface area contributed by atoms with E-state index in [4.69, 9.17) is 22.1 Å². The summed E-state index contributed by atoms with van der Waals surface area (Å²) >= 11 is 4.80. The van der Waals surface area contributed by atoms with E-state index in [1.54, 1.807) is 0 Å². The largest absolute Gasteiger partial charge is 0.479 e. The van der Waals surface area contributed by atoms with Crippen LogP contribution in [-0.4, -0.2) is 46.1 Å². The number of nitrogens with zero attached hydrogens (tertiary/aromatic N) is 1. The van der Waals surface area contributed by atoms with E-state index in [0.29, 0.717) is 6.54 Å². The van der Waals surface area contributed by atoms with Gasteiger partial charge in [0.05, 0.1) is 6.61 Å². The Morgan fingerprint density at radius 1 is 1.69 bits per heavy atom. The molecule has 1 aliphatic heterocycles. The van der Waals surface area contributed by atoms with Gasteiger partial charge in [0.2, 0.25) is 12.0 Å². The van der Waals surface area contributed by atoms with Crippen molar-refractivity contribution >= 4 is 29.1 Å². The van der Waals surface area contributed by atoms with Crippen LogP contribution in [0.25, 0.3) is 0 Å². The minimum atomic E-state index is -1.16. The number of carbonyl (C=O) groups excluding carboxylic acids is 1. The third-order valence-corrected chi connectivity index (χ3v) is 2.13. The Bertz CT molecular complexity index is 241. The Labute approximate surface area is 80.3 Å². The molecule has 1 atom stereocenters. The predicted molar refractivity (Wildman–Crippen MR) is 47.4 cm³/mol. The highest BCUT2D eigenvalue weighted by atomic mass is 32.1. The number of rotatable bonds is 1. The molecule has 72 valence electrons. The van der Waals surface area contributed by atoms with Crippen molar-refractivity contribution in [3.8, 4) is 0 Å². The van der Waals surface area contributed by atoms with Crippen molar-refractivity contribution in [2.24, 2.45) is 0 Å². The summed E-state index contributed by atoms with van der Waals surface area (Å²) in [5, 5.41) is 8.66. The maximum absolute atomic E-state index is 11.0. The smallest absolute Gasteiger partial charge is 0.339 e. The minimum Gasteiger partial charge on any atom is -0.479 e. The van der Waals surface area contributed by atoms with E-state index in [-0.39, 0.29) is 17.5 Å². The van der Waals surface area contributed by atoms with Crippen LogP contribution in [0.4, 0.5) is 0 Å². The molecule has 0 aromatic rings. The molecular weight excluding hydrogens is 194 g/mol. The summed E-state index contributed by atoms with van der Waals surface area (Å²) in [6.45, 7) is 1.88. The lowest BCUT2D eigenvalue weighted by atomic mass is 10.2. The first-order chi connectivity index (χ1) is 6.04. The molecule has 5 nitrogen and oxygen atoms in total. The van der Waals surface area contributed by atoms with E-state index in [1.165, 1.54) is 11.8 Å². The van der Waals surface area contributed by atoms with Gasteiger partial charge in [0.15, 0.2) is 0 Å². The number of aliphatic carboxylic acids is 1. The van der Waals surface area contributed by atoms with Crippen molar-refractivity contribution in [2.75, 3.05) is 13.2 Å². The normalized spacial score (nSPS) is 23.0. The molecule has 1 amide bonds. The summed E-state index contributed by atoms with van der Waals surface area (Å²) in [5.74, 6) is -1.41. The van der Waals surface area contributed by atoms with E-state index >= 15 is 0 Å². The molecule has 0 radical (unpaired) electrons. The van der Waals surface area contributed by atoms with Crippen molar-refractivity contribution in [1.29, 1.82) is 0 Å². The van der Waals surface area contributed by atoms with Gasteiger partial charge in [0, 0.05) is 13.5 Å². The molecule has 6 heteroatoms. The molecular formula is C7H9NO4S. The summed E-state index contributed by atoms with van der Waals surface area (Å²) in [5.41, 5.74) is 0. The number of carbonyl (C=O) groups is 2. The summed E-state index contributed by atoms with van der Waals surface area (Å²) in [4.78, 5) is 22.8. The third kappa shape index (κ3) is 2.02. The molecule has 1 heterocycles. The molecule has 1 aliphatic rings. The quantitative estimate of drug-likeness (QED) is 0.590. The second-order valence-electron chi connectivity index (χ2n) is 2.60. The number of amides is 1. The van der Waals surface area contributed by atoms with Gasteiger partial charge in [-0.05, 0) is 0 Å². The van der Waals surface area contributed by atoms with Crippen molar-refractivity contribution in [2.45, 2.75) is 13.0 Å². The first-order valence-electron chi connectivity index (χ1n) is 3.70. The average molecular weight is 203 g/mol. The lowest BCUT2D eigenvalue weighted by Gasteiger charge is -2.30. The molecule has 1 rings (SSSR count). The fourth-order valence-electron chi connectivity index (χ4n) is 1.07. The fraction of sp³-hybridized carbons (Fsp3) is 0.571. The Morgan fingerprint density at radius 3 is 2.77 bits per heavy atom. The topological polar surface area (TPSA) is 66.8 Å². The summed E-state index contributed by atoms with van der Waals surface area (Å²) in [7, 11) is 0. The Morgan fingerprint density at radius 2 is 2.31 bits per heavy atom. The zero-order chi connectivity index (χ0) is 10.0. The maximum Gasteiger partial charge on any atom is 0.339 e. The van der Waals surface area contributed by atoms with E-state index < -0.39 is 12.1 Å². The number of thiocarbonyl (C=S) groups is 1. The predicted octanol–water partition coefficient (Wildman–Crippen LogP) is -0.354. The van der Waals surface area contributed by atoms with Gasteiger partial charge in [-0.1, -0.05) is 12.2 Å². The highest BCUT2D eigenvalue weighted by molar-refractivity contribution is 7.80. The van der Waals surface area contributed by atoms with E-state index in [1.807, 2.05) is 0 Å². The summed E-state index contributed by atoms with van der Waals surface area (Å²) in [6, 6.07) is 0. The Hall–Kier alpha value is -1.01. The van der Waals surface area contributed by atoms with Crippen LogP contribution < -0.4 is 0 Å². The molecule has 1 unspecified atom stereocenters. The molecule has 1 N–H and O–H groups in total. The van der Waals surface area contributed by atoms with Crippen LogP contribution in [0.3, 0.4) is 0 Å². The van der Waals surface area contributed by atoms with E-state index in [2.05, 4.69) is 0 Å². The second kappa shape index (κ2) is 3.80. The van der Waals surface area contributed by atoms with Gasteiger partial charge in [-0.25, -0.2) is 4.79 Å². The van der Waals surface area contributed by atoms with Gasteiger partial charge in [-0.3, -0.25) is 4.79 Å². The van der Waals surface area contributed by atoms with Gasteiger partial charge in [0.25, 0.3) is 0 Å². The van der Waals surface area contributed by atoms with Crippen molar-refractivity contribution in [1.82, 2.24) is 4.90 Å². The van der Waals surface area contributed by atoms with Gasteiger partial charge >= 0.3 is 5.97 Å². The molecule has 1 fully saturated rings. The molecule has 0 aliphatic carbocycles. The van der Waals surface area contributed by atoms with Crippen LogP contribution in [0.1, 0.15) is 6.92 Å². The zero-order valence-corrected chi connectivity index (χ0v) is 7.84. The number of hydrogen-bond donors (Lipinski definition) is 1. The summed E-state index contributed by atoms with van der Waals surface area (Å²) in [6.07, 6.45) is -1.16. The first kappa shape index (κ1) is 10.1. The zero-order valence-electron chi connectivity index (χ0n) is 7.02. The fourth-order valence-corrected chi connectivity index (χ4v) is 1.46. The maximum atomic E-state index is 11.0. The molecule has 0 aromatic carbocycles. The second-order valence-corrected chi connectivity index (χ2v) is 3.02. The van der Waals surface area contributed by atoms with Crippen molar-refractivity contribution < 1.29 is 19.4 Å². The van der Waals surface area contributed by atoms with Crippen molar-refractivity contribution in [3.05, 3.63) is 0 Å². The van der Waals surface area contributed by atoms with E-state index in [0.717, 1.165) is 0 Å². The number of hydrogen-bond acceptors (Lipinski definition) is 4. The van der Waals surface area contributed by atoms with Crippen LogP contribution in [0.2, 0.25) is 0 Å². The van der Waals surface area contributed by atoms with E-state index in [9.17, 15) is 9.59 Å². The third-order valence-electron chi connectivity index (χ3n) is 1.69. The number of morpholine rings is 1. The van der Waals surface area contributed by atoms with Crippen molar-refractivity contribution in [3.63, 3.8) is 0 Å². The number of ether oxygens (including phenoxy) is 1. The van der Waals surface area contributed by atoms with Crippen LogP contribution in [0.15, 0.2) is 0 Å². The van der Waals surface area contributed by atoms with Gasteiger partial charge in [0.1, 0.15) is 4.99 Å². The van der Waals surface area contributed by atoms with Crippen LogP contribution in [0, 0.1) is 0 Å². The van der Waals surface area contributed by atoms with Gasteiger partial charge < -0.3 is 14.7 Å². The lowest BCUT2D eigenvalue weighted by Crippen LogP contribution is -2.51. The molecule has 13 heavy (non-hydrogen) atoms. The molecule has 0 spiro atoms. The molecule has 0 aromatic heterocycles. The van der Waals surface area contributed by atoms with Crippen LogP contribution in [0.5, 0.6) is 0 Å². The van der Waals surface area contributed by atoms with Gasteiger partial charge in [-0.2, -0.15) is 0 Å². The average Bonchev–Trinajstić information content (AvgIpc) is 2.03. The number of carboxylic acids is 1. The highest BCUT2D eigenvalue weighted by Crippen LogP contribution is 2.09. The Kier molecular flexibility index (Phi) is 2.94. The Balaban J connectivity index is 2.77.